The maximum atomic E-state index is 13.0. The minimum Gasteiger partial charge on any atom is -0.493 e. The number of halogens is 1. The number of esters is 1. The highest BCUT2D eigenvalue weighted by atomic mass is 35.5. The summed E-state index contributed by atoms with van der Waals surface area (Å²) in [6, 6.07) is 7.03. The molecular weight excluding hydrogens is 386 g/mol. The molecule has 0 saturated heterocycles. The molecule has 8 heteroatoms. The van der Waals surface area contributed by atoms with Gasteiger partial charge in [0.2, 0.25) is 5.76 Å². The van der Waals surface area contributed by atoms with Crippen molar-refractivity contribution in [3.63, 3.8) is 0 Å². The van der Waals surface area contributed by atoms with Crippen molar-refractivity contribution in [1.82, 2.24) is 4.90 Å². The fourth-order valence-corrected chi connectivity index (χ4v) is 3.91. The molecule has 1 atom stereocenters. The predicted octanol–water partition coefficient (Wildman–Crippen LogP) is 2.57. The normalized spacial score (nSPS) is 21.8. The first kappa shape index (κ1) is 20.2. The highest BCUT2D eigenvalue weighted by Crippen LogP contribution is 2.42. The molecule has 2 aliphatic rings. The molecule has 0 unspecified atom stereocenters. The van der Waals surface area contributed by atoms with E-state index >= 15 is 0 Å². The monoisotopic (exact) mass is 407 g/mol. The number of amides is 1. The molecular formula is C20H22ClNO6. The van der Waals surface area contributed by atoms with Crippen molar-refractivity contribution in [2.24, 2.45) is 0 Å². The lowest BCUT2D eigenvalue weighted by atomic mass is 9.74. The zero-order valence-electron chi connectivity index (χ0n) is 15.6. The molecule has 150 valence electrons. The Labute approximate surface area is 168 Å². The predicted molar refractivity (Wildman–Crippen MR) is 100 cm³/mol. The van der Waals surface area contributed by atoms with E-state index in [-0.39, 0.29) is 18.1 Å². The van der Waals surface area contributed by atoms with E-state index in [0.717, 1.165) is 19.1 Å². The van der Waals surface area contributed by atoms with Crippen molar-refractivity contribution >= 4 is 29.3 Å². The van der Waals surface area contributed by atoms with Crippen molar-refractivity contribution in [3.8, 4) is 0 Å². The average molecular weight is 408 g/mol. The fraction of sp³-hybridized carbons (Fsp3) is 0.450. The number of benzene rings is 1. The standard InChI is InChI=1S/C20H22ClNO6/c1-22(18(24)13-28-19(25)16-12-26-10-11-27-16)20(9-5-4-8-17(20)23)14-6-2-3-7-15(14)21/h2-3,6-7,12H,4-5,8-11,13H2,1H3/t20-/m0/s1. The molecule has 1 aromatic rings. The second-order valence-corrected chi connectivity index (χ2v) is 7.11. The number of rotatable bonds is 5. The molecule has 1 saturated carbocycles. The Bertz CT molecular complexity index is 808. The van der Waals surface area contributed by atoms with E-state index in [9.17, 15) is 14.4 Å². The molecule has 28 heavy (non-hydrogen) atoms. The van der Waals surface area contributed by atoms with Gasteiger partial charge in [0.25, 0.3) is 5.91 Å². The van der Waals surface area contributed by atoms with Gasteiger partial charge >= 0.3 is 5.97 Å². The van der Waals surface area contributed by atoms with Crippen molar-refractivity contribution in [3.05, 3.63) is 46.9 Å². The molecule has 0 bridgehead atoms. The van der Waals surface area contributed by atoms with E-state index in [2.05, 4.69) is 0 Å². The summed E-state index contributed by atoms with van der Waals surface area (Å²) >= 11 is 6.38. The number of hydrogen-bond acceptors (Lipinski definition) is 6. The smallest absolute Gasteiger partial charge is 0.377 e. The van der Waals surface area contributed by atoms with Crippen molar-refractivity contribution < 1.29 is 28.6 Å². The van der Waals surface area contributed by atoms with Gasteiger partial charge in [0, 0.05) is 24.1 Å². The van der Waals surface area contributed by atoms with Gasteiger partial charge < -0.3 is 19.1 Å². The third kappa shape index (κ3) is 3.85. The van der Waals surface area contributed by atoms with E-state index in [1.54, 1.807) is 31.3 Å². The van der Waals surface area contributed by atoms with Crippen LogP contribution in [0.2, 0.25) is 5.02 Å². The molecule has 0 radical (unpaired) electrons. The molecule has 0 N–H and O–H groups in total. The van der Waals surface area contributed by atoms with E-state index in [1.165, 1.54) is 4.90 Å². The van der Waals surface area contributed by atoms with Gasteiger partial charge in [-0.3, -0.25) is 9.59 Å². The quantitative estimate of drug-likeness (QED) is 0.698. The summed E-state index contributed by atoms with van der Waals surface area (Å²) in [5.74, 6) is -1.44. The van der Waals surface area contributed by atoms with Gasteiger partial charge in [0.1, 0.15) is 25.0 Å². The van der Waals surface area contributed by atoms with Crippen LogP contribution >= 0.6 is 11.6 Å². The van der Waals surface area contributed by atoms with Crippen LogP contribution in [0.4, 0.5) is 0 Å². The van der Waals surface area contributed by atoms with E-state index in [0.29, 0.717) is 30.0 Å². The molecule has 1 aliphatic heterocycles. The zero-order valence-corrected chi connectivity index (χ0v) is 16.4. The van der Waals surface area contributed by atoms with Gasteiger partial charge in [-0.25, -0.2) is 4.79 Å². The van der Waals surface area contributed by atoms with Crippen molar-refractivity contribution in [1.29, 1.82) is 0 Å². The van der Waals surface area contributed by atoms with Crippen LogP contribution in [0.5, 0.6) is 0 Å². The Hall–Kier alpha value is -2.54. The van der Waals surface area contributed by atoms with Crippen molar-refractivity contribution in [2.45, 2.75) is 31.2 Å². The maximum Gasteiger partial charge on any atom is 0.377 e. The minimum atomic E-state index is -1.16. The molecule has 1 fully saturated rings. The Morgan fingerprint density at radius 3 is 2.71 bits per heavy atom. The highest BCUT2D eigenvalue weighted by molar-refractivity contribution is 6.31. The first-order chi connectivity index (χ1) is 13.5. The number of ether oxygens (including phenoxy) is 3. The highest BCUT2D eigenvalue weighted by Gasteiger charge is 2.48. The number of ketones is 1. The van der Waals surface area contributed by atoms with Crippen LogP contribution in [0.25, 0.3) is 0 Å². The summed E-state index contributed by atoms with van der Waals surface area (Å²) < 4.78 is 15.2. The summed E-state index contributed by atoms with van der Waals surface area (Å²) in [5.41, 5.74) is -0.570. The number of nitrogens with zero attached hydrogens (tertiary/aromatic N) is 1. The molecule has 3 rings (SSSR count). The van der Waals surface area contributed by atoms with Crippen LogP contribution in [0, 0.1) is 0 Å². The zero-order chi connectivity index (χ0) is 20.1. The number of Topliss-reactive ketones (excluding diaryl/α,β-unsaturated/α-hetero) is 1. The molecule has 1 aliphatic carbocycles. The van der Waals surface area contributed by atoms with Crippen LogP contribution in [-0.4, -0.2) is 49.4 Å². The van der Waals surface area contributed by atoms with Crippen LogP contribution in [-0.2, 0) is 34.1 Å². The van der Waals surface area contributed by atoms with Gasteiger partial charge in [0.15, 0.2) is 12.4 Å². The second-order valence-electron chi connectivity index (χ2n) is 6.70. The summed E-state index contributed by atoms with van der Waals surface area (Å²) in [6.07, 6.45) is 3.55. The van der Waals surface area contributed by atoms with Crippen LogP contribution in [0.3, 0.4) is 0 Å². The lowest BCUT2D eigenvalue weighted by Crippen LogP contribution is -2.55. The third-order valence-corrected chi connectivity index (χ3v) is 5.43. The third-order valence-electron chi connectivity index (χ3n) is 5.10. The van der Waals surface area contributed by atoms with Gasteiger partial charge in [-0.05, 0) is 25.3 Å². The number of likely N-dealkylation sites (N-methyl/N-ethyl adjacent to an activating group) is 1. The molecule has 1 amide bonds. The topological polar surface area (TPSA) is 82.1 Å². The van der Waals surface area contributed by atoms with E-state index in [4.69, 9.17) is 25.8 Å². The van der Waals surface area contributed by atoms with Gasteiger partial charge in [-0.1, -0.05) is 29.8 Å². The molecule has 1 aromatic carbocycles. The molecule has 1 heterocycles. The summed E-state index contributed by atoms with van der Waals surface area (Å²) in [5, 5.41) is 0.423. The SMILES string of the molecule is CN(C(=O)COC(=O)C1=COCCO1)[C@]1(c2ccccc2Cl)CCCCC1=O. The van der Waals surface area contributed by atoms with Gasteiger partial charge in [0.05, 0.1) is 0 Å². The molecule has 0 spiro atoms. The first-order valence-corrected chi connectivity index (χ1v) is 9.51. The van der Waals surface area contributed by atoms with Crippen molar-refractivity contribution in [2.75, 3.05) is 26.9 Å². The Balaban J connectivity index is 1.79. The fourth-order valence-electron chi connectivity index (χ4n) is 3.61. The second kappa shape index (κ2) is 8.65. The van der Waals surface area contributed by atoms with Gasteiger partial charge in [-0.2, -0.15) is 0 Å². The molecule has 7 nitrogen and oxygen atoms in total. The van der Waals surface area contributed by atoms with Crippen LogP contribution in [0.15, 0.2) is 36.3 Å². The van der Waals surface area contributed by atoms with Gasteiger partial charge in [-0.15, -0.1) is 0 Å². The maximum absolute atomic E-state index is 13.0. The summed E-state index contributed by atoms with van der Waals surface area (Å²) in [4.78, 5) is 39.2. The Morgan fingerprint density at radius 2 is 2.04 bits per heavy atom. The lowest BCUT2D eigenvalue weighted by Gasteiger charge is -2.43. The lowest BCUT2D eigenvalue weighted by molar-refractivity contribution is -0.157. The Morgan fingerprint density at radius 1 is 1.25 bits per heavy atom. The van der Waals surface area contributed by atoms with E-state index in [1.807, 2.05) is 0 Å². The number of carbonyl (C=O) groups excluding carboxylic acids is 3. The Kier molecular flexibility index (Phi) is 6.24. The van der Waals surface area contributed by atoms with Crippen LogP contribution < -0.4 is 0 Å². The number of carbonyl (C=O) groups is 3. The summed E-state index contributed by atoms with van der Waals surface area (Å²) in [6.45, 7) is 0.0648. The molecule has 0 aromatic heterocycles. The van der Waals surface area contributed by atoms with E-state index < -0.39 is 24.0 Å². The first-order valence-electron chi connectivity index (χ1n) is 9.13. The largest absolute Gasteiger partial charge is 0.493 e. The number of hydrogen-bond donors (Lipinski definition) is 0. The average Bonchev–Trinajstić information content (AvgIpc) is 2.73. The minimum absolute atomic E-state index is 0.0688. The van der Waals surface area contributed by atoms with Crippen LogP contribution in [0.1, 0.15) is 31.2 Å². The summed E-state index contributed by atoms with van der Waals surface area (Å²) in [7, 11) is 1.54.